The van der Waals surface area contributed by atoms with E-state index in [-0.39, 0.29) is 29.7 Å². The van der Waals surface area contributed by atoms with Gasteiger partial charge in [0.15, 0.2) is 0 Å². The van der Waals surface area contributed by atoms with E-state index in [4.69, 9.17) is 0 Å². The number of hydrogen-bond acceptors (Lipinski definition) is 2. The Labute approximate surface area is 131 Å². The molecular weight excluding hydrogens is 276 g/mol. The van der Waals surface area contributed by atoms with Crippen LogP contribution in [0.4, 0.5) is 5.69 Å². The van der Waals surface area contributed by atoms with Crippen molar-refractivity contribution < 1.29 is 9.59 Å². The minimum Gasteiger partial charge on any atom is -0.349 e. The van der Waals surface area contributed by atoms with Gasteiger partial charge < -0.3 is 10.6 Å². The zero-order valence-electron chi connectivity index (χ0n) is 13.1. The minimum absolute atomic E-state index is 0.00119. The molecule has 4 heteroatoms. The molecule has 2 saturated carbocycles. The van der Waals surface area contributed by atoms with Gasteiger partial charge in [-0.3, -0.25) is 9.59 Å². The standard InChI is InChI=1S/C18H24N2O2/c1-12(19-17(21)14-4-2-3-5-14)13-8-10-16(11-9-13)20-18(22)15-6-7-15/h8-12,14-15H,2-7H2,1H3,(H,19,21)(H,20,22). The van der Waals surface area contributed by atoms with Crippen molar-refractivity contribution in [2.45, 2.75) is 51.5 Å². The van der Waals surface area contributed by atoms with E-state index < -0.39 is 0 Å². The normalized spacial score (nSPS) is 19.7. The van der Waals surface area contributed by atoms with Crippen molar-refractivity contribution in [1.82, 2.24) is 5.32 Å². The summed E-state index contributed by atoms with van der Waals surface area (Å²) in [5, 5.41) is 6.03. The third-order valence-corrected chi connectivity index (χ3v) is 4.71. The van der Waals surface area contributed by atoms with E-state index in [1.807, 2.05) is 31.2 Å². The van der Waals surface area contributed by atoms with Gasteiger partial charge in [-0.05, 0) is 50.3 Å². The maximum atomic E-state index is 12.2. The van der Waals surface area contributed by atoms with Gasteiger partial charge in [0.25, 0.3) is 0 Å². The van der Waals surface area contributed by atoms with Crippen molar-refractivity contribution >= 4 is 17.5 Å². The molecule has 3 rings (SSSR count). The second-order valence-electron chi connectivity index (χ2n) is 6.60. The topological polar surface area (TPSA) is 58.2 Å². The highest BCUT2D eigenvalue weighted by atomic mass is 16.2. The molecule has 2 aliphatic rings. The van der Waals surface area contributed by atoms with E-state index in [2.05, 4.69) is 10.6 Å². The first kappa shape index (κ1) is 15.1. The number of amides is 2. The molecule has 2 N–H and O–H groups in total. The van der Waals surface area contributed by atoms with Crippen LogP contribution in [0, 0.1) is 11.8 Å². The molecule has 0 aromatic heterocycles. The monoisotopic (exact) mass is 300 g/mol. The van der Waals surface area contributed by atoms with Crippen molar-refractivity contribution in [3.8, 4) is 0 Å². The molecule has 0 heterocycles. The minimum atomic E-state index is 0.00119. The highest BCUT2D eigenvalue weighted by molar-refractivity contribution is 5.94. The van der Waals surface area contributed by atoms with Crippen LogP contribution in [0.15, 0.2) is 24.3 Å². The van der Waals surface area contributed by atoms with Crippen LogP contribution in [0.2, 0.25) is 0 Å². The summed E-state index contributed by atoms with van der Waals surface area (Å²) in [5.41, 5.74) is 1.89. The van der Waals surface area contributed by atoms with E-state index in [1.165, 1.54) is 12.8 Å². The summed E-state index contributed by atoms with van der Waals surface area (Å²) in [6, 6.07) is 7.77. The molecule has 118 valence electrons. The van der Waals surface area contributed by atoms with Gasteiger partial charge in [0.1, 0.15) is 0 Å². The molecule has 2 aliphatic carbocycles. The first-order valence-corrected chi connectivity index (χ1v) is 8.34. The number of nitrogens with one attached hydrogen (secondary N) is 2. The number of benzene rings is 1. The van der Waals surface area contributed by atoms with Crippen LogP contribution in [0.1, 0.15) is 57.1 Å². The number of hydrogen-bond donors (Lipinski definition) is 2. The Morgan fingerprint density at radius 1 is 0.955 bits per heavy atom. The average molecular weight is 300 g/mol. The first-order chi connectivity index (χ1) is 10.6. The fraction of sp³-hybridized carbons (Fsp3) is 0.556. The Morgan fingerprint density at radius 3 is 2.14 bits per heavy atom. The maximum Gasteiger partial charge on any atom is 0.227 e. The zero-order valence-corrected chi connectivity index (χ0v) is 13.1. The third-order valence-electron chi connectivity index (χ3n) is 4.71. The zero-order chi connectivity index (χ0) is 15.5. The molecule has 0 aliphatic heterocycles. The lowest BCUT2D eigenvalue weighted by Gasteiger charge is -2.17. The Bertz CT molecular complexity index is 543. The van der Waals surface area contributed by atoms with Crippen LogP contribution in [-0.2, 0) is 9.59 Å². The summed E-state index contributed by atoms with van der Waals surface area (Å²) in [6.45, 7) is 2.00. The fourth-order valence-electron chi connectivity index (χ4n) is 3.05. The molecule has 0 spiro atoms. The smallest absolute Gasteiger partial charge is 0.227 e. The largest absolute Gasteiger partial charge is 0.349 e. The van der Waals surface area contributed by atoms with E-state index in [0.717, 1.165) is 36.9 Å². The van der Waals surface area contributed by atoms with E-state index in [9.17, 15) is 9.59 Å². The van der Waals surface area contributed by atoms with Crippen LogP contribution in [0.25, 0.3) is 0 Å². The van der Waals surface area contributed by atoms with Crippen LogP contribution in [0.5, 0.6) is 0 Å². The number of rotatable bonds is 5. The second kappa shape index (κ2) is 6.51. The third kappa shape index (κ3) is 3.67. The van der Waals surface area contributed by atoms with Gasteiger partial charge in [-0.2, -0.15) is 0 Å². The van der Waals surface area contributed by atoms with Gasteiger partial charge in [-0.15, -0.1) is 0 Å². The highest BCUT2D eigenvalue weighted by Gasteiger charge is 2.29. The summed E-state index contributed by atoms with van der Waals surface area (Å²) < 4.78 is 0. The summed E-state index contributed by atoms with van der Waals surface area (Å²) in [4.78, 5) is 23.9. The van der Waals surface area contributed by atoms with Gasteiger partial charge in [-0.25, -0.2) is 0 Å². The van der Waals surface area contributed by atoms with E-state index in [1.54, 1.807) is 0 Å². The first-order valence-electron chi connectivity index (χ1n) is 8.34. The molecule has 1 unspecified atom stereocenters. The predicted molar refractivity (Wildman–Crippen MR) is 86.3 cm³/mol. The predicted octanol–water partition coefficient (Wildman–Crippen LogP) is 3.40. The summed E-state index contributed by atoms with van der Waals surface area (Å²) in [5.74, 6) is 0.704. The van der Waals surface area contributed by atoms with Crippen molar-refractivity contribution in [2.24, 2.45) is 11.8 Å². The molecule has 0 bridgehead atoms. The van der Waals surface area contributed by atoms with Crippen LogP contribution in [-0.4, -0.2) is 11.8 Å². The van der Waals surface area contributed by atoms with Crippen LogP contribution in [0.3, 0.4) is 0 Å². The molecule has 0 radical (unpaired) electrons. The van der Waals surface area contributed by atoms with Crippen molar-refractivity contribution in [2.75, 3.05) is 5.32 Å². The second-order valence-corrected chi connectivity index (χ2v) is 6.60. The molecule has 0 saturated heterocycles. The van der Waals surface area contributed by atoms with E-state index >= 15 is 0 Å². The van der Waals surface area contributed by atoms with Crippen molar-refractivity contribution in [1.29, 1.82) is 0 Å². The Morgan fingerprint density at radius 2 is 1.55 bits per heavy atom. The lowest BCUT2D eigenvalue weighted by molar-refractivity contribution is -0.125. The Balaban J connectivity index is 1.54. The molecule has 4 nitrogen and oxygen atoms in total. The Kier molecular flexibility index (Phi) is 4.46. The fourth-order valence-corrected chi connectivity index (χ4v) is 3.05. The van der Waals surface area contributed by atoms with Gasteiger partial charge in [-0.1, -0.05) is 25.0 Å². The van der Waals surface area contributed by atoms with Crippen LogP contribution >= 0.6 is 0 Å². The summed E-state index contributed by atoms with van der Waals surface area (Å²) in [6.07, 6.45) is 6.39. The van der Waals surface area contributed by atoms with E-state index in [0.29, 0.717) is 0 Å². The average Bonchev–Trinajstić information content (AvgIpc) is 3.22. The summed E-state index contributed by atoms with van der Waals surface area (Å²) >= 11 is 0. The lowest BCUT2D eigenvalue weighted by atomic mass is 10.0. The lowest BCUT2D eigenvalue weighted by Crippen LogP contribution is -2.31. The maximum absolute atomic E-state index is 12.2. The molecular formula is C18H24N2O2. The number of carbonyl (C=O) groups is 2. The summed E-state index contributed by atoms with van der Waals surface area (Å²) in [7, 11) is 0. The van der Waals surface area contributed by atoms with Gasteiger partial charge in [0.2, 0.25) is 11.8 Å². The molecule has 1 atom stereocenters. The van der Waals surface area contributed by atoms with Gasteiger partial charge in [0.05, 0.1) is 6.04 Å². The molecule has 1 aromatic carbocycles. The SMILES string of the molecule is CC(NC(=O)C1CCCC1)c1ccc(NC(=O)C2CC2)cc1. The number of carbonyl (C=O) groups excluding carboxylic acids is 2. The Hall–Kier alpha value is -1.84. The molecule has 22 heavy (non-hydrogen) atoms. The van der Waals surface area contributed by atoms with Crippen LogP contribution < -0.4 is 10.6 Å². The highest BCUT2D eigenvalue weighted by Crippen LogP contribution is 2.30. The molecule has 2 amide bonds. The van der Waals surface area contributed by atoms with Gasteiger partial charge in [0, 0.05) is 17.5 Å². The molecule has 1 aromatic rings. The van der Waals surface area contributed by atoms with Crippen molar-refractivity contribution in [3.05, 3.63) is 29.8 Å². The quantitative estimate of drug-likeness (QED) is 0.875. The van der Waals surface area contributed by atoms with Gasteiger partial charge >= 0.3 is 0 Å². The van der Waals surface area contributed by atoms with Crippen molar-refractivity contribution in [3.63, 3.8) is 0 Å². The number of anilines is 1. The molecule has 2 fully saturated rings.